The number of carbonyl (C=O) groups excluding carboxylic acids is 1. The third-order valence-corrected chi connectivity index (χ3v) is 7.21. The molecule has 268 valence electrons. The number of amides is 1. The highest BCUT2D eigenvalue weighted by molar-refractivity contribution is 5.81. The van der Waals surface area contributed by atoms with Crippen molar-refractivity contribution in [3.05, 3.63) is 0 Å². The highest BCUT2D eigenvalue weighted by atomic mass is 19.4. The van der Waals surface area contributed by atoms with Crippen LogP contribution >= 0.6 is 0 Å². The molecule has 11 nitrogen and oxygen atoms in total. The quantitative estimate of drug-likeness (QED) is 0.0925. The largest absolute Gasteiger partial charge is 0.394 e. The molecule has 1 saturated heterocycles. The summed E-state index contributed by atoms with van der Waals surface area (Å²) in [6.45, 7) is -4.29. The Morgan fingerprint density at radius 1 is 0.756 bits per heavy atom. The summed E-state index contributed by atoms with van der Waals surface area (Å²) in [7, 11) is 0. The third-order valence-electron chi connectivity index (χ3n) is 7.21. The monoisotopic (exact) mass is 697 g/mol. The molecule has 0 saturated carbocycles. The van der Waals surface area contributed by atoms with Crippen LogP contribution in [0.3, 0.4) is 0 Å². The first-order chi connectivity index (χ1) is 20.2. The van der Waals surface area contributed by atoms with E-state index in [0.29, 0.717) is 0 Å². The lowest BCUT2D eigenvalue weighted by molar-refractivity contribution is -0.425. The maximum Gasteiger partial charge on any atom is 0.384 e. The van der Waals surface area contributed by atoms with E-state index in [2.05, 4.69) is 0 Å². The lowest BCUT2D eigenvalue weighted by atomic mass is 9.80. The van der Waals surface area contributed by atoms with Gasteiger partial charge >= 0.3 is 35.5 Å². The number of nitrogens with one attached hydrogen (secondary N) is 1. The number of rotatable bonds is 16. The van der Waals surface area contributed by atoms with Gasteiger partial charge in [0.15, 0.2) is 6.10 Å². The minimum Gasteiger partial charge on any atom is -0.394 e. The zero-order valence-corrected chi connectivity index (χ0v) is 22.7. The van der Waals surface area contributed by atoms with Crippen LogP contribution in [0.25, 0.3) is 0 Å². The van der Waals surface area contributed by atoms with Crippen molar-refractivity contribution in [1.29, 1.82) is 0 Å². The van der Waals surface area contributed by atoms with Gasteiger partial charge < -0.3 is 50.9 Å². The van der Waals surface area contributed by atoms with Crippen molar-refractivity contribution < 1.29 is 103 Å². The summed E-state index contributed by atoms with van der Waals surface area (Å²) in [6, 6.07) is 0. The molecule has 4 unspecified atom stereocenters. The van der Waals surface area contributed by atoms with Gasteiger partial charge in [0, 0.05) is 25.3 Å². The molecular weight excluding hydrogens is 666 g/mol. The molecule has 45 heavy (non-hydrogen) atoms. The fourth-order valence-corrected chi connectivity index (χ4v) is 4.26. The van der Waals surface area contributed by atoms with Gasteiger partial charge in [0.25, 0.3) is 5.91 Å². The topological polar surface area (TPSA) is 200 Å². The van der Waals surface area contributed by atoms with E-state index >= 15 is 0 Å². The van der Waals surface area contributed by atoms with E-state index in [4.69, 9.17) is 4.74 Å². The number of carbonyl (C=O) groups is 1. The van der Waals surface area contributed by atoms with E-state index in [1.54, 1.807) is 0 Å². The number of hydrogen-bond acceptors (Lipinski definition) is 10. The summed E-state index contributed by atoms with van der Waals surface area (Å²) >= 11 is 0. The molecule has 1 rings (SSSR count). The summed E-state index contributed by atoms with van der Waals surface area (Å²) < 4.78 is 170. The molecule has 0 radical (unpaired) electrons. The number of ether oxygens (including phenoxy) is 1. The Morgan fingerprint density at radius 2 is 1.22 bits per heavy atom. The third kappa shape index (κ3) is 7.24. The second-order valence-electron chi connectivity index (χ2n) is 10.2. The van der Waals surface area contributed by atoms with Crippen LogP contribution in [0.2, 0.25) is 0 Å². The van der Waals surface area contributed by atoms with Crippen LogP contribution in [-0.2, 0) is 9.53 Å². The minimum atomic E-state index is -7.83. The fraction of sp³-hybridized carbons (Fsp3) is 0.955. The summed E-state index contributed by atoms with van der Waals surface area (Å²) in [5, 5.41) is 80.2. The normalized spacial score (nSPS) is 27.1. The van der Waals surface area contributed by atoms with Gasteiger partial charge in [0.05, 0.1) is 31.5 Å². The molecule has 9 N–H and O–H groups in total. The molecule has 1 fully saturated rings. The predicted molar refractivity (Wildman–Crippen MR) is 120 cm³/mol. The van der Waals surface area contributed by atoms with E-state index in [9.17, 15) is 98.3 Å². The molecule has 0 aromatic heterocycles. The van der Waals surface area contributed by atoms with E-state index < -0.39 is 129 Å². The lowest BCUT2D eigenvalue weighted by Crippen LogP contribution is -2.70. The Kier molecular flexibility index (Phi) is 13.0. The molecule has 9 atom stereocenters. The Bertz CT molecular complexity index is 992. The molecule has 23 heteroatoms. The van der Waals surface area contributed by atoms with Crippen LogP contribution < -0.4 is 5.32 Å². The van der Waals surface area contributed by atoms with Crippen LogP contribution in [0.4, 0.5) is 52.7 Å². The molecule has 0 aromatic carbocycles. The van der Waals surface area contributed by atoms with Crippen molar-refractivity contribution in [2.45, 2.75) is 104 Å². The van der Waals surface area contributed by atoms with Gasteiger partial charge in [0.2, 0.25) is 0 Å². The molecule has 0 spiro atoms. The van der Waals surface area contributed by atoms with Crippen molar-refractivity contribution in [3.63, 3.8) is 0 Å². The molecule has 0 aromatic rings. The maximum absolute atomic E-state index is 14.1. The minimum absolute atomic E-state index is 0.0829. The van der Waals surface area contributed by atoms with Crippen molar-refractivity contribution in [3.8, 4) is 0 Å². The lowest BCUT2D eigenvalue weighted by Gasteiger charge is -2.45. The van der Waals surface area contributed by atoms with E-state index in [1.165, 1.54) is 5.32 Å². The number of aliphatic hydroxyl groups is 8. The van der Waals surface area contributed by atoms with Crippen molar-refractivity contribution in [1.82, 2.24) is 5.32 Å². The van der Waals surface area contributed by atoms with Crippen molar-refractivity contribution in [2.24, 2.45) is 5.92 Å². The Labute approximate surface area is 245 Å². The van der Waals surface area contributed by atoms with Crippen LogP contribution in [0.5, 0.6) is 0 Å². The van der Waals surface area contributed by atoms with Crippen LogP contribution in [-0.4, -0.2) is 151 Å². The maximum atomic E-state index is 14.1. The fourth-order valence-electron chi connectivity index (χ4n) is 4.26. The molecule has 1 aliphatic heterocycles. The first-order valence-electron chi connectivity index (χ1n) is 12.7. The molecule has 1 amide bonds. The first-order valence-corrected chi connectivity index (χ1v) is 12.7. The second kappa shape index (κ2) is 14.2. The molecule has 1 aliphatic rings. The van der Waals surface area contributed by atoms with E-state index in [1.807, 2.05) is 0 Å². The Balaban J connectivity index is 3.15. The van der Waals surface area contributed by atoms with Crippen LogP contribution in [0, 0.1) is 5.92 Å². The second-order valence-corrected chi connectivity index (χ2v) is 10.2. The molecule has 0 bridgehead atoms. The summed E-state index contributed by atoms with van der Waals surface area (Å²) in [5.74, 6) is -47.1. The summed E-state index contributed by atoms with van der Waals surface area (Å²) in [4.78, 5) is 12.2. The van der Waals surface area contributed by atoms with Gasteiger partial charge in [-0.2, -0.15) is 52.7 Å². The van der Waals surface area contributed by atoms with Gasteiger partial charge in [-0.1, -0.05) is 6.92 Å². The SMILES string of the molecule is CCC(F)(F)C(F)(F)C(F)(F)C(F)(F)C(F)(F)C(F)(F)CCNC(=O)C(O)C(O)C(C(O)CO)[C@@H]1O[C@H](CO)[C@H](O)[C@H](O)[C@H]1O. The van der Waals surface area contributed by atoms with Crippen molar-refractivity contribution in [2.75, 3.05) is 19.8 Å². The number of hydrogen-bond donors (Lipinski definition) is 9. The number of halogens is 12. The van der Waals surface area contributed by atoms with Crippen LogP contribution in [0.15, 0.2) is 0 Å². The van der Waals surface area contributed by atoms with Gasteiger partial charge in [-0.25, -0.2) is 0 Å². The van der Waals surface area contributed by atoms with Gasteiger partial charge in [0.1, 0.15) is 24.4 Å². The summed E-state index contributed by atoms with van der Waals surface area (Å²) in [5.41, 5.74) is 0. The van der Waals surface area contributed by atoms with Crippen LogP contribution in [0.1, 0.15) is 19.8 Å². The highest BCUT2D eigenvalue weighted by Crippen LogP contribution is 2.60. The Hall–Kier alpha value is -1.73. The zero-order chi connectivity index (χ0) is 35.7. The smallest absolute Gasteiger partial charge is 0.384 e. The molecule has 1 heterocycles. The average molecular weight is 697 g/mol. The molecular formula is C22H31F12NO10. The van der Waals surface area contributed by atoms with Crippen molar-refractivity contribution >= 4 is 5.91 Å². The predicted octanol–water partition coefficient (Wildman–Crippen LogP) is -0.752. The van der Waals surface area contributed by atoms with E-state index in [0.717, 1.165) is 0 Å². The summed E-state index contributed by atoms with van der Waals surface area (Å²) in [6.07, 6.45) is -23.3. The van der Waals surface area contributed by atoms with Gasteiger partial charge in [-0.3, -0.25) is 4.79 Å². The Morgan fingerprint density at radius 3 is 1.64 bits per heavy atom. The number of alkyl halides is 12. The first kappa shape index (κ1) is 41.3. The zero-order valence-electron chi connectivity index (χ0n) is 22.7. The van der Waals surface area contributed by atoms with Gasteiger partial charge in [-0.15, -0.1) is 0 Å². The van der Waals surface area contributed by atoms with Gasteiger partial charge in [-0.05, 0) is 0 Å². The number of aliphatic hydroxyl groups excluding tert-OH is 8. The van der Waals surface area contributed by atoms with E-state index in [-0.39, 0.29) is 6.92 Å². The molecule has 0 aliphatic carbocycles. The highest BCUT2D eigenvalue weighted by Gasteiger charge is 2.89. The average Bonchev–Trinajstić information content (AvgIpc) is 2.95. The standard InChI is InChI=1S/C22H31F12NO10/c1-2-17(23,24)19(27,28)21(31,32)22(33,34)20(29,30)18(25,26)3-4-35-16(44)14(43)11(40)9(7(38)5-36)15-13(42)12(41)10(39)8(6-37)45-15/h7-15,36-43H,2-6H2,1H3,(H,35,44)/t7?,8-,9?,10+,11?,12+,13-,14?,15+/m1/s1.